The number of hydrogen-bond donors (Lipinski definition) is 6. The van der Waals surface area contributed by atoms with Gasteiger partial charge in [0.25, 0.3) is 0 Å². The van der Waals surface area contributed by atoms with Crippen LogP contribution in [0.4, 0.5) is 10.1 Å². The molecule has 0 amide bonds. The van der Waals surface area contributed by atoms with Crippen molar-refractivity contribution in [1.29, 1.82) is 5.41 Å². The minimum absolute atomic E-state index is 0.287. The molecule has 1 aliphatic carbocycles. The lowest BCUT2D eigenvalue weighted by molar-refractivity contribution is 0.430. The van der Waals surface area contributed by atoms with Crippen molar-refractivity contribution in [3.8, 4) is 0 Å². The number of allylic oxidation sites excluding steroid dienone is 4. The molecule has 0 heterocycles. The summed E-state index contributed by atoms with van der Waals surface area (Å²) >= 11 is 4.12. The van der Waals surface area contributed by atoms with Gasteiger partial charge < -0.3 is 21.8 Å². The van der Waals surface area contributed by atoms with Gasteiger partial charge in [0.05, 0.1) is 0 Å². The molecule has 2 rings (SSSR count). The predicted molar refractivity (Wildman–Crippen MR) is 123 cm³/mol. The number of benzene rings is 1. The van der Waals surface area contributed by atoms with Gasteiger partial charge in [-0.25, -0.2) is 4.39 Å². The second-order valence-electron chi connectivity index (χ2n) is 7.03. The molecule has 1 aromatic carbocycles. The van der Waals surface area contributed by atoms with Crippen molar-refractivity contribution in [3.05, 3.63) is 77.6 Å². The van der Waals surface area contributed by atoms with Gasteiger partial charge in [-0.15, -0.1) is 6.58 Å². The highest BCUT2D eigenvalue weighted by atomic mass is 32.1. The van der Waals surface area contributed by atoms with E-state index in [1.807, 2.05) is 19.2 Å². The van der Waals surface area contributed by atoms with Crippen LogP contribution < -0.4 is 21.1 Å². The molecule has 0 radical (unpaired) electrons. The van der Waals surface area contributed by atoms with Crippen molar-refractivity contribution in [2.75, 3.05) is 18.4 Å². The van der Waals surface area contributed by atoms with Crippen molar-refractivity contribution >= 4 is 24.7 Å². The summed E-state index contributed by atoms with van der Waals surface area (Å²) in [6, 6.07) is 6.18. The van der Waals surface area contributed by atoms with Crippen molar-refractivity contribution < 1.29 is 4.39 Å². The SMILES string of the molecule is C=CC1(C/C(N)=C/NCC)CC(C=N)=C(Nc2ccc(F)cc2)C=C1CCNS. The van der Waals surface area contributed by atoms with Crippen LogP contribution in [0.3, 0.4) is 0 Å². The predicted octanol–water partition coefficient (Wildman–Crippen LogP) is 4.27. The average Bonchev–Trinajstić information content (AvgIpc) is 2.73. The maximum absolute atomic E-state index is 13.2. The van der Waals surface area contributed by atoms with Crippen LogP contribution >= 0.6 is 12.8 Å². The summed E-state index contributed by atoms with van der Waals surface area (Å²) in [4.78, 5) is 0. The third-order valence-electron chi connectivity index (χ3n) is 5.02. The fraction of sp³-hybridized carbons (Fsp3) is 0.318. The monoisotopic (exact) mass is 415 g/mol. The zero-order chi connectivity index (χ0) is 21.3. The van der Waals surface area contributed by atoms with Gasteiger partial charge in [-0.05, 0) is 55.7 Å². The molecular formula is C22H30FN5S. The van der Waals surface area contributed by atoms with Gasteiger partial charge in [0.2, 0.25) is 0 Å². The fourth-order valence-corrected chi connectivity index (χ4v) is 3.62. The Labute approximate surface area is 178 Å². The number of nitrogens with two attached hydrogens (primary N) is 1. The Balaban J connectivity index is 2.41. The second kappa shape index (κ2) is 10.9. The average molecular weight is 416 g/mol. The molecule has 0 aromatic heterocycles. The minimum Gasteiger partial charge on any atom is -0.401 e. The summed E-state index contributed by atoms with van der Waals surface area (Å²) in [5.41, 5.74) is 10.2. The lowest BCUT2D eigenvalue weighted by Gasteiger charge is -2.38. The molecule has 156 valence electrons. The lowest BCUT2D eigenvalue weighted by Crippen LogP contribution is -2.30. The van der Waals surface area contributed by atoms with Crippen molar-refractivity contribution in [1.82, 2.24) is 10.0 Å². The number of hydrogen-bond acceptors (Lipinski definition) is 6. The van der Waals surface area contributed by atoms with Gasteiger partial charge >= 0.3 is 0 Å². The Morgan fingerprint density at radius 3 is 2.69 bits per heavy atom. The first kappa shape index (κ1) is 22.8. The van der Waals surface area contributed by atoms with E-state index in [1.165, 1.54) is 18.3 Å². The van der Waals surface area contributed by atoms with E-state index >= 15 is 0 Å². The number of anilines is 1. The standard InChI is InChI=1S/C22H30FN5S/c1-3-22(13-19(25)15-26-4-2)12-16(14-24)21(11-17(22)9-10-27-29)28-20-7-5-18(23)6-8-20/h3,5-8,11,14-15,24,26-29H,1,4,9-10,12-13,25H2,2H3/b19-15-,24-14?. The van der Waals surface area contributed by atoms with E-state index in [4.69, 9.17) is 11.1 Å². The van der Waals surface area contributed by atoms with Gasteiger partial charge in [0.1, 0.15) is 5.82 Å². The van der Waals surface area contributed by atoms with Crippen LogP contribution in [0.5, 0.6) is 0 Å². The third-order valence-corrected chi connectivity index (χ3v) is 5.24. The number of rotatable bonds is 11. The molecule has 1 unspecified atom stereocenters. The van der Waals surface area contributed by atoms with Gasteiger partial charge in [-0.2, -0.15) is 0 Å². The molecule has 0 fully saturated rings. The highest BCUT2D eigenvalue weighted by Gasteiger charge is 2.36. The molecule has 0 aliphatic heterocycles. The van der Waals surface area contributed by atoms with E-state index < -0.39 is 0 Å². The maximum atomic E-state index is 13.2. The molecule has 0 saturated heterocycles. The zero-order valence-electron chi connectivity index (χ0n) is 16.8. The molecule has 1 aromatic rings. The molecule has 29 heavy (non-hydrogen) atoms. The Bertz CT molecular complexity index is 813. The van der Waals surface area contributed by atoms with E-state index in [0.717, 1.165) is 41.2 Å². The molecule has 0 saturated carbocycles. The van der Waals surface area contributed by atoms with Crippen LogP contribution in [0.2, 0.25) is 0 Å². The first-order chi connectivity index (χ1) is 14.0. The zero-order valence-corrected chi connectivity index (χ0v) is 17.7. The summed E-state index contributed by atoms with van der Waals surface area (Å²) in [7, 11) is 0. The number of nitrogens with one attached hydrogen (secondary N) is 4. The van der Waals surface area contributed by atoms with Crippen LogP contribution in [0.1, 0.15) is 26.2 Å². The van der Waals surface area contributed by atoms with Crippen molar-refractivity contribution in [3.63, 3.8) is 0 Å². The summed E-state index contributed by atoms with van der Waals surface area (Å²) in [6.07, 6.45) is 9.14. The van der Waals surface area contributed by atoms with E-state index in [0.29, 0.717) is 19.4 Å². The molecular weight excluding hydrogens is 385 g/mol. The van der Waals surface area contributed by atoms with Gasteiger partial charge in [-0.3, -0.25) is 4.72 Å². The van der Waals surface area contributed by atoms with E-state index in [-0.39, 0.29) is 11.2 Å². The summed E-state index contributed by atoms with van der Waals surface area (Å²) < 4.78 is 16.1. The van der Waals surface area contributed by atoms with Crippen molar-refractivity contribution in [2.24, 2.45) is 11.1 Å². The smallest absolute Gasteiger partial charge is 0.123 e. The first-order valence-corrected chi connectivity index (χ1v) is 10.1. The van der Waals surface area contributed by atoms with Crippen LogP contribution in [0, 0.1) is 16.6 Å². The highest BCUT2D eigenvalue weighted by molar-refractivity contribution is 7.78. The van der Waals surface area contributed by atoms with Crippen LogP contribution in [0.15, 0.2) is 71.7 Å². The molecule has 0 bridgehead atoms. The highest BCUT2D eigenvalue weighted by Crippen LogP contribution is 2.46. The number of halogens is 1. The molecule has 7 heteroatoms. The Hall–Kier alpha value is -2.51. The van der Waals surface area contributed by atoms with Gasteiger partial charge in [0, 0.05) is 54.4 Å². The van der Waals surface area contributed by atoms with Crippen molar-refractivity contribution in [2.45, 2.75) is 26.2 Å². The molecule has 5 nitrogen and oxygen atoms in total. The van der Waals surface area contributed by atoms with E-state index in [9.17, 15) is 4.39 Å². The molecule has 0 spiro atoms. The normalized spacial score (nSPS) is 19.6. The summed E-state index contributed by atoms with van der Waals surface area (Å²) in [6.45, 7) is 7.59. The van der Waals surface area contributed by atoms with Crippen LogP contribution in [0.25, 0.3) is 0 Å². The number of thiol groups is 1. The summed E-state index contributed by atoms with van der Waals surface area (Å²) in [5, 5.41) is 14.4. The summed E-state index contributed by atoms with van der Waals surface area (Å²) in [5.74, 6) is -0.287. The Morgan fingerprint density at radius 2 is 2.10 bits per heavy atom. The maximum Gasteiger partial charge on any atom is 0.123 e. The molecule has 1 atom stereocenters. The second-order valence-corrected chi connectivity index (χ2v) is 7.35. The largest absolute Gasteiger partial charge is 0.401 e. The van der Waals surface area contributed by atoms with Crippen LogP contribution in [-0.2, 0) is 0 Å². The quantitative estimate of drug-likeness (QED) is 0.185. The third kappa shape index (κ3) is 5.98. The Kier molecular flexibility index (Phi) is 8.54. The van der Waals surface area contributed by atoms with Gasteiger partial charge in [0.15, 0.2) is 0 Å². The van der Waals surface area contributed by atoms with E-state index in [1.54, 1.807) is 12.1 Å². The molecule has 6 N–H and O–H groups in total. The minimum atomic E-state index is -0.387. The Morgan fingerprint density at radius 1 is 1.38 bits per heavy atom. The van der Waals surface area contributed by atoms with Crippen LogP contribution in [-0.4, -0.2) is 19.3 Å². The fourth-order valence-electron chi connectivity index (χ4n) is 3.50. The topological polar surface area (TPSA) is 86.0 Å². The first-order valence-electron chi connectivity index (χ1n) is 9.63. The molecule has 1 aliphatic rings. The lowest BCUT2D eigenvalue weighted by atomic mass is 9.68. The van der Waals surface area contributed by atoms with Gasteiger partial charge in [-0.1, -0.05) is 24.5 Å². The van der Waals surface area contributed by atoms with E-state index in [2.05, 4.69) is 40.8 Å².